The van der Waals surface area contributed by atoms with Gasteiger partial charge in [-0.1, -0.05) is 199 Å². The standard InChI is InChI=1S/C58H100N4O9/c1-4-7-10-13-16-19-22-25-28-31-37-69-54-47-52(49-61-50-53(59-60-61)51-68-46-45-67-44-43-66-42-41-65-40-36-62-56(63)34-35-57(62)64)48-55(70-38-32-29-26-23-20-17-14-11-8-5-2)58(54)71-39-33-30-27-24-21-18-15-12-9-6-3/h34-35,47-48,50H,4-33,36-46,49,51H2,1-3H3. The molecular formula is C58H100N4O9. The number of hydrogen-bond acceptors (Lipinski definition) is 11. The van der Waals surface area contributed by atoms with Crippen LogP contribution in [0.25, 0.3) is 0 Å². The molecule has 0 aliphatic carbocycles. The summed E-state index contributed by atoms with van der Waals surface area (Å²) in [5.74, 6) is 1.65. The Bertz CT molecular complexity index is 1560. The Balaban J connectivity index is 1.51. The highest BCUT2D eigenvalue weighted by Gasteiger charge is 2.22. The van der Waals surface area contributed by atoms with Crippen molar-refractivity contribution in [3.05, 3.63) is 41.7 Å². The highest BCUT2D eigenvalue weighted by molar-refractivity contribution is 6.12. The summed E-state index contributed by atoms with van der Waals surface area (Å²) in [6.07, 6.45) is 43.0. The average Bonchev–Trinajstić information content (AvgIpc) is 3.96. The molecule has 2 heterocycles. The van der Waals surface area contributed by atoms with E-state index in [-0.39, 0.29) is 25.0 Å². The number of carbonyl (C=O) groups excluding carboxylic acids is 2. The highest BCUT2D eigenvalue weighted by atomic mass is 16.6. The quantitative estimate of drug-likeness (QED) is 0.0463. The van der Waals surface area contributed by atoms with Gasteiger partial charge in [0.1, 0.15) is 5.69 Å². The molecule has 0 fully saturated rings. The summed E-state index contributed by atoms with van der Waals surface area (Å²) >= 11 is 0. The minimum Gasteiger partial charge on any atom is -0.490 e. The van der Waals surface area contributed by atoms with Crippen molar-refractivity contribution in [3.8, 4) is 17.2 Å². The van der Waals surface area contributed by atoms with Gasteiger partial charge in [-0.3, -0.25) is 14.5 Å². The molecule has 0 N–H and O–H groups in total. The second kappa shape index (κ2) is 44.0. The molecule has 1 aliphatic rings. The number of amides is 2. The summed E-state index contributed by atoms with van der Waals surface area (Å²) in [5, 5.41) is 8.84. The van der Waals surface area contributed by atoms with Gasteiger partial charge in [-0.05, 0) is 37.0 Å². The lowest BCUT2D eigenvalue weighted by molar-refractivity contribution is -0.137. The summed E-state index contributed by atoms with van der Waals surface area (Å²) in [6, 6.07) is 4.23. The minimum absolute atomic E-state index is 0.235. The maximum absolute atomic E-state index is 11.6. The predicted molar refractivity (Wildman–Crippen MR) is 286 cm³/mol. The first kappa shape index (κ1) is 61.8. The van der Waals surface area contributed by atoms with Crippen LogP contribution in [0.4, 0.5) is 0 Å². The molecule has 71 heavy (non-hydrogen) atoms. The van der Waals surface area contributed by atoms with Gasteiger partial charge < -0.3 is 33.2 Å². The van der Waals surface area contributed by atoms with Gasteiger partial charge in [-0.15, -0.1) is 5.10 Å². The van der Waals surface area contributed by atoms with Crippen molar-refractivity contribution in [2.45, 2.75) is 227 Å². The predicted octanol–water partition coefficient (Wildman–Crippen LogP) is 13.7. The lowest BCUT2D eigenvalue weighted by atomic mass is 10.1. The van der Waals surface area contributed by atoms with Gasteiger partial charge in [0.2, 0.25) is 5.75 Å². The normalized spacial score (nSPS) is 12.5. The SMILES string of the molecule is CCCCCCCCCCCCOc1cc(Cn2cc(COCCOCCOCCOCCN3C(=O)C=CC3=O)nn2)cc(OCCCCCCCCCCCC)c1OCCCCCCCCCCCC. The molecule has 0 atom stereocenters. The van der Waals surface area contributed by atoms with E-state index in [0.29, 0.717) is 72.6 Å². The molecule has 0 bridgehead atoms. The molecule has 13 nitrogen and oxygen atoms in total. The van der Waals surface area contributed by atoms with E-state index in [1.165, 1.54) is 186 Å². The van der Waals surface area contributed by atoms with Crippen LogP contribution in [0.3, 0.4) is 0 Å². The highest BCUT2D eigenvalue weighted by Crippen LogP contribution is 2.40. The fraction of sp³-hybridized carbons (Fsp3) is 0.793. The van der Waals surface area contributed by atoms with E-state index in [4.69, 9.17) is 33.2 Å². The topological polar surface area (TPSA) is 133 Å². The van der Waals surface area contributed by atoms with Crippen LogP contribution in [-0.2, 0) is 41.7 Å². The van der Waals surface area contributed by atoms with Crippen molar-refractivity contribution in [1.82, 2.24) is 19.9 Å². The Labute approximate surface area is 431 Å². The summed E-state index contributed by atoms with van der Waals surface area (Å²) in [7, 11) is 0. The fourth-order valence-electron chi connectivity index (χ4n) is 8.70. The zero-order valence-electron chi connectivity index (χ0n) is 45.3. The molecule has 1 aliphatic heterocycles. The molecule has 13 heteroatoms. The van der Waals surface area contributed by atoms with Crippen molar-refractivity contribution < 1.29 is 42.7 Å². The van der Waals surface area contributed by atoms with E-state index in [9.17, 15) is 9.59 Å². The largest absolute Gasteiger partial charge is 0.490 e. The van der Waals surface area contributed by atoms with Crippen LogP contribution >= 0.6 is 0 Å². The molecule has 0 unspecified atom stereocenters. The second-order valence-electron chi connectivity index (χ2n) is 19.5. The van der Waals surface area contributed by atoms with Crippen LogP contribution in [0, 0.1) is 0 Å². The molecular weight excluding hydrogens is 897 g/mol. The second-order valence-corrected chi connectivity index (χ2v) is 19.5. The van der Waals surface area contributed by atoms with Crippen LogP contribution in [0.5, 0.6) is 17.2 Å². The molecule has 0 saturated carbocycles. The van der Waals surface area contributed by atoms with Gasteiger partial charge >= 0.3 is 0 Å². The summed E-state index contributed by atoms with van der Waals surface area (Å²) in [5.41, 5.74) is 1.77. The zero-order chi connectivity index (χ0) is 50.5. The van der Waals surface area contributed by atoms with Crippen molar-refractivity contribution in [2.75, 3.05) is 72.6 Å². The van der Waals surface area contributed by atoms with E-state index >= 15 is 0 Å². The molecule has 3 rings (SSSR count). The molecule has 0 spiro atoms. The lowest BCUT2D eigenvalue weighted by Crippen LogP contribution is -2.33. The first-order valence-electron chi connectivity index (χ1n) is 28.8. The number of carbonyl (C=O) groups is 2. The van der Waals surface area contributed by atoms with Gasteiger partial charge in [0.15, 0.2) is 11.5 Å². The van der Waals surface area contributed by atoms with E-state index < -0.39 is 0 Å². The van der Waals surface area contributed by atoms with E-state index in [2.05, 4.69) is 43.2 Å². The minimum atomic E-state index is -0.303. The Kier molecular flexibility index (Phi) is 38.3. The Morgan fingerprint density at radius 3 is 1.21 bits per heavy atom. The maximum atomic E-state index is 11.6. The number of imide groups is 1. The lowest BCUT2D eigenvalue weighted by Gasteiger charge is -2.19. The monoisotopic (exact) mass is 997 g/mol. The van der Waals surface area contributed by atoms with Gasteiger partial charge in [0.05, 0.1) is 92.0 Å². The Hall–Kier alpha value is -3.52. The number of rotatable bonds is 52. The molecule has 0 radical (unpaired) electrons. The van der Waals surface area contributed by atoms with E-state index in [0.717, 1.165) is 52.7 Å². The molecule has 2 amide bonds. The van der Waals surface area contributed by atoms with Gasteiger partial charge in [-0.2, -0.15) is 0 Å². The first-order chi connectivity index (χ1) is 35.0. The summed E-state index contributed by atoms with van der Waals surface area (Å²) in [6.45, 7) is 12.6. The van der Waals surface area contributed by atoms with Crippen LogP contribution < -0.4 is 14.2 Å². The maximum Gasteiger partial charge on any atom is 0.253 e. The molecule has 1 aromatic carbocycles. The third kappa shape index (κ3) is 31.6. The number of hydrogen-bond donors (Lipinski definition) is 0. The molecule has 2 aromatic rings. The first-order valence-corrected chi connectivity index (χ1v) is 28.8. The van der Waals surface area contributed by atoms with Gasteiger partial charge in [-0.25, -0.2) is 4.68 Å². The Morgan fingerprint density at radius 2 is 0.789 bits per heavy atom. The molecule has 406 valence electrons. The average molecular weight is 997 g/mol. The van der Waals surface area contributed by atoms with Crippen LogP contribution in [0.15, 0.2) is 30.5 Å². The third-order valence-electron chi connectivity index (χ3n) is 13.0. The van der Waals surface area contributed by atoms with E-state index in [1.807, 2.05) is 10.9 Å². The number of nitrogens with zero attached hydrogens (tertiary/aromatic N) is 4. The number of aromatic nitrogens is 3. The van der Waals surface area contributed by atoms with Crippen molar-refractivity contribution in [2.24, 2.45) is 0 Å². The van der Waals surface area contributed by atoms with E-state index in [1.54, 1.807) is 0 Å². The van der Waals surface area contributed by atoms with Crippen LogP contribution in [0.2, 0.25) is 0 Å². The van der Waals surface area contributed by atoms with Crippen molar-refractivity contribution in [3.63, 3.8) is 0 Å². The van der Waals surface area contributed by atoms with Crippen LogP contribution in [0.1, 0.15) is 225 Å². The van der Waals surface area contributed by atoms with Crippen molar-refractivity contribution in [1.29, 1.82) is 0 Å². The van der Waals surface area contributed by atoms with Crippen LogP contribution in [-0.4, -0.2) is 104 Å². The number of unbranched alkanes of at least 4 members (excludes halogenated alkanes) is 27. The fourth-order valence-corrected chi connectivity index (χ4v) is 8.70. The smallest absolute Gasteiger partial charge is 0.253 e. The van der Waals surface area contributed by atoms with Gasteiger partial charge in [0, 0.05) is 12.2 Å². The zero-order valence-corrected chi connectivity index (χ0v) is 45.3. The summed E-state index contributed by atoms with van der Waals surface area (Å²) < 4.78 is 44.3. The number of ether oxygens (including phenoxy) is 7. The van der Waals surface area contributed by atoms with Crippen molar-refractivity contribution >= 4 is 11.8 Å². The third-order valence-corrected chi connectivity index (χ3v) is 13.0. The molecule has 1 aromatic heterocycles. The summed E-state index contributed by atoms with van der Waals surface area (Å²) in [4.78, 5) is 24.3. The Morgan fingerprint density at radius 1 is 0.423 bits per heavy atom. The van der Waals surface area contributed by atoms with Gasteiger partial charge in [0.25, 0.3) is 11.8 Å². The number of benzene rings is 1. The molecule has 0 saturated heterocycles.